The SMILES string of the molecule is C/C=C1/CN2[C@H]3C[C@@]45c6ccccc6N(C)[C@H]4[C@@H]2C[C@@H]1[C@H]3[C@H]5OC(=O)c1cc(OC)c(OC)c(OC)c1. The molecule has 0 radical (unpaired) electrons. The van der Waals surface area contributed by atoms with Gasteiger partial charge in [0, 0.05) is 37.3 Å². The van der Waals surface area contributed by atoms with Crippen molar-refractivity contribution in [2.45, 2.75) is 49.4 Å². The van der Waals surface area contributed by atoms with Crippen LogP contribution < -0.4 is 19.1 Å². The summed E-state index contributed by atoms with van der Waals surface area (Å²) < 4.78 is 23.2. The molecule has 6 aliphatic rings. The first-order chi connectivity index (χ1) is 18.0. The van der Waals surface area contributed by atoms with Crippen molar-refractivity contribution in [3.8, 4) is 17.2 Å². The van der Waals surface area contributed by atoms with E-state index in [0.717, 1.165) is 19.4 Å². The number of esters is 1. The molecule has 5 aliphatic heterocycles. The Bertz CT molecular complexity index is 1300. The first kappa shape index (κ1) is 23.0. The number of benzene rings is 2. The van der Waals surface area contributed by atoms with Crippen LogP contribution in [0.25, 0.3) is 0 Å². The smallest absolute Gasteiger partial charge is 0.338 e. The molecule has 194 valence electrons. The fourth-order valence-corrected chi connectivity index (χ4v) is 8.89. The topological polar surface area (TPSA) is 60.5 Å². The molecule has 2 aromatic rings. The number of hydrogen-bond acceptors (Lipinski definition) is 7. The monoisotopic (exact) mass is 502 g/mol. The molecule has 2 aromatic carbocycles. The number of carbonyl (C=O) groups excluding carboxylic acids is 1. The summed E-state index contributed by atoms with van der Waals surface area (Å²) >= 11 is 0. The van der Waals surface area contributed by atoms with E-state index in [2.05, 4.69) is 54.1 Å². The van der Waals surface area contributed by atoms with Crippen molar-refractivity contribution < 1.29 is 23.7 Å². The van der Waals surface area contributed by atoms with Crippen LogP contribution in [0.2, 0.25) is 0 Å². The maximum atomic E-state index is 13.9. The molecule has 37 heavy (non-hydrogen) atoms. The summed E-state index contributed by atoms with van der Waals surface area (Å²) in [6.45, 7) is 3.19. The van der Waals surface area contributed by atoms with Crippen LogP contribution >= 0.6 is 0 Å². The average Bonchev–Trinajstić information content (AvgIpc) is 3.34. The summed E-state index contributed by atoms with van der Waals surface area (Å²) in [5.41, 5.74) is 4.31. The highest BCUT2D eigenvalue weighted by molar-refractivity contribution is 5.91. The lowest BCUT2D eigenvalue weighted by Crippen LogP contribution is -2.68. The largest absolute Gasteiger partial charge is 0.493 e. The Labute approximate surface area is 217 Å². The van der Waals surface area contributed by atoms with Crippen LogP contribution in [-0.4, -0.2) is 70.0 Å². The second-order valence-electron chi connectivity index (χ2n) is 11.1. The fraction of sp³-hybridized carbons (Fsp3) is 0.500. The highest BCUT2D eigenvalue weighted by Crippen LogP contribution is 2.68. The van der Waals surface area contributed by atoms with Crippen LogP contribution in [0.3, 0.4) is 0 Å². The molecular formula is C30H34N2O5. The van der Waals surface area contributed by atoms with Crippen molar-refractivity contribution in [2.75, 3.05) is 39.8 Å². The maximum absolute atomic E-state index is 13.9. The molecule has 7 nitrogen and oxygen atoms in total. The molecule has 1 saturated carbocycles. The third kappa shape index (κ3) is 2.73. The zero-order valence-corrected chi connectivity index (χ0v) is 22.1. The number of methoxy groups -OCH3 is 3. The number of carbonyl (C=O) groups is 1. The standard InChI is InChI=1S/C30H34N2O5/c1-6-16-15-32-21-13-18(16)25-22(32)14-30(19-9-7-8-10-20(19)31(2)27(21)30)28(25)37-29(33)17-11-23(34-3)26(36-5)24(12-17)35-4/h6-12,18,21-22,25,27-28H,13-15H2,1-5H3/b16-6-/t18-,21-,22-,25+,27-,28+,30+/m0/s1. The first-order valence-electron chi connectivity index (χ1n) is 13.2. The van der Waals surface area contributed by atoms with Gasteiger partial charge < -0.3 is 23.8 Å². The zero-order chi connectivity index (χ0) is 25.6. The number of hydrogen-bond donors (Lipinski definition) is 0. The number of rotatable bonds is 5. The van der Waals surface area contributed by atoms with Crippen LogP contribution in [0, 0.1) is 11.8 Å². The van der Waals surface area contributed by atoms with Gasteiger partial charge in [-0.05, 0) is 49.4 Å². The molecular weight excluding hydrogens is 468 g/mol. The zero-order valence-electron chi connectivity index (χ0n) is 22.1. The molecule has 0 amide bonds. The van der Waals surface area contributed by atoms with Gasteiger partial charge in [-0.25, -0.2) is 4.79 Å². The molecule has 0 aromatic heterocycles. The van der Waals surface area contributed by atoms with Gasteiger partial charge in [0.2, 0.25) is 5.75 Å². The van der Waals surface area contributed by atoms with Crippen molar-refractivity contribution in [2.24, 2.45) is 11.8 Å². The van der Waals surface area contributed by atoms with Crippen molar-refractivity contribution in [3.63, 3.8) is 0 Å². The van der Waals surface area contributed by atoms with E-state index in [4.69, 9.17) is 18.9 Å². The Morgan fingerprint density at radius 1 is 1.05 bits per heavy atom. The van der Waals surface area contributed by atoms with Crippen molar-refractivity contribution in [3.05, 3.63) is 59.2 Å². The van der Waals surface area contributed by atoms with Gasteiger partial charge in [0.05, 0.1) is 38.3 Å². The van der Waals surface area contributed by atoms with Crippen LogP contribution in [0.1, 0.15) is 35.7 Å². The molecule has 1 aliphatic carbocycles. The Balaban J connectivity index is 1.35. The van der Waals surface area contributed by atoms with Crippen molar-refractivity contribution >= 4 is 11.7 Å². The number of allylic oxidation sites excluding steroid dienone is 1. The van der Waals surface area contributed by atoms with Crippen molar-refractivity contribution in [1.29, 1.82) is 0 Å². The summed E-state index contributed by atoms with van der Waals surface area (Å²) in [5, 5.41) is 0. The first-order valence-corrected chi connectivity index (χ1v) is 13.2. The number of piperidine rings is 4. The summed E-state index contributed by atoms with van der Waals surface area (Å²) in [6.07, 6.45) is 4.24. The Kier molecular flexibility index (Phi) is 4.91. The lowest BCUT2D eigenvalue weighted by atomic mass is 9.65. The summed E-state index contributed by atoms with van der Waals surface area (Å²) in [6, 6.07) is 13.3. The number of ether oxygens (including phenoxy) is 4. The van der Waals surface area contributed by atoms with Crippen LogP contribution in [0.15, 0.2) is 48.0 Å². The van der Waals surface area contributed by atoms with Gasteiger partial charge in [0.25, 0.3) is 0 Å². The van der Waals surface area contributed by atoms with E-state index in [9.17, 15) is 4.79 Å². The Morgan fingerprint density at radius 3 is 2.46 bits per heavy atom. The van der Waals surface area contributed by atoms with Gasteiger partial charge in [0.15, 0.2) is 11.5 Å². The van der Waals surface area contributed by atoms with Crippen molar-refractivity contribution in [1.82, 2.24) is 4.90 Å². The van der Waals surface area contributed by atoms with Gasteiger partial charge in [-0.3, -0.25) is 4.90 Å². The molecule has 1 unspecified atom stereocenters. The Morgan fingerprint density at radius 2 is 1.78 bits per heavy atom. The third-order valence-corrected chi connectivity index (χ3v) is 10.1. The van der Waals surface area contributed by atoms with E-state index in [1.165, 1.54) is 16.8 Å². The summed E-state index contributed by atoms with van der Waals surface area (Å²) in [5.74, 6) is 1.75. The number of nitrogens with zero attached hydrogens (tertiary/aromatic N) is 2. The van der Waals surface area contributed by atoms with E-state index >= 15 is 0 Å². The third-order valence-electron chi connectivity index (χ3n) is 10.1. The Hall–Kier alpha value is -3.19. The molecule has 7 heteroatoms. The highest BCUT2D eigenvalue weighted by atomic mass is 16.5. The van der Waals surface area contributed by atoms with E-state index in [0.29, 0.717) is 40.8 Å². The maximum Gasteiger partial charge on any atom is 0.338 e. The quantitative estimate of drug-likeness (QED) is 0.452. The fourth-order valence-electron chi connectivity index (χ4n) is 8.89. The minimum Gasteiger partial charge on any atom is -0.493 e. The molecule has 5 fully saturated rings. The van der Waals surface area contributed by atoms with E-state index in [1.54, 1.807) is 33.5 Å². The average molecular weight is 503 g/mol. The second kappa shape index (κ2) is 7.90. The number of para-hydroxylation sites is 1. The highest BCUT2D eigenvalue weighted by Gasteiger charge is 2.75. The van der Waals surface area contributed by atoms with Crippen LogP contribution in [0.4, 0.5) is 5.69 Å². The summed E-state index contributed by atoms with van der Waals surface area (Å²) in [4.78, 5) is 19.1. The summed E-state index contributed by atoms with van der Waals surface area (Å²) in [7, 11) is 6.91. The van der Waals surface area contributed by atoms with Gasteiger partial charge in [-0.2, -0.15) is 0 Å². The molecule has 1 spiro atoms. The second-order valence-corrected chi connectivity index (χ2v) is 11.1. The van der Waals surface area contributed by atoms with E-state index in [1.807, 2.05) is 0 Å². The van der Waals surface area contributed by atoms with Gasteiger partial charge in [0.1, 0.15) is 6.10 Å². The molecule has 8 atom stereocenters. The van der Waals surface area contributed by atoms with E-state index < -0.39 is 0 Å². The molecule has 5 heterocycles. The predicted molar refractivity (Wildman–Crippen MR) is 140 cm³/mol. The van der Waals surface area contributed by atoms with E-state index in [-0.39, 0.29) is 29.4 Å². The normalized spacial score (nSPS) is 36.9. The molecule has 6 bridgehead atoms. The lowest BCUT2D eigenvalue weighted by molar-refractivity contribution is -0.0390. The van der Waals surface area contributed by atoms with Gasteiger partial charge in [-0.15, -0.1) is 0 Å². The number of likely N-dealkylation sites (N-methyl/N-ethyl adjacent to an activating group) is 1. The van der Waals surface area contributed by atoms with Crippen LogP contribution in [0.5, 0.6) is 17.2 Å². The lowest BCUT2D eigenvalue weighted by Gasteiger charge is -2.58. The minimum atomic E-state index is -0.340. The van der Waals surface area contributed by atoms with Gasteiger partial charge in [-0.1, -0.05) is 29.8 Å². The van der Waals surface area contributed by atoms with Gasteiger partial charge >= 0.3 is 5.97 Å². The predicted octanol–water partition coefficient (Wildman–Crippen LogP) is 4.05. The van der Waals surface area contributed by atoms with Crippen LogP contribution in [-0.2, 0) is 10.2 Å². The molecule has 4 saturated heterocycles. The molecule has 0 N–H and O–H groups in total. The minimum absolute atomic E-state index is 0.212. The number of fused-ring (bicyclic) bond motifs is 2. The number of anilines is 1. The molecule has 8 rings (SSSR count).